The number of hydrogen-bond donors (Lipinski definition) is 1. The second-order valence-electron chi connectivity index (χ2n) is 6.81. The van der Waals surface area contributed by atoms with Crippen LogP contribution in [0.15, 0.2) is 0 Å². The van der Waals surface area contributed by atoms with Crippen molar-refractivity contribution in [2.24, 2.45) is 0 Å². The molecule has 1 fully saturated rings. The smallest absolute Gasteiger partial charge is 0.426 e. The third-order valence-corrected chi connectivity index (χ3v) is 12.4. The van der Waals surface area contributed by atoms with E-state index in [1.807, 2.05) is 45.2 Å². The molecule has 1 aromatic carbocycles. The van der Waals surface area contributed by atoms with Crippen molar-refractivity contribution in [3.63, 3.8) is 0 Å². The first kappa shape index (κ1) is 29.0. The highest BCUT2D eigenvalue weighted by molar-refractivity contribution is 14.1. The van der Waals surface area contributed by atoms with Gasteiger partial charge in [-0.1, -0.05) is 0 Å². The number of halogens is 7. The molecule has 2 atom stereocenters. The molecule has 1 aromatic rings. The van der Waals surface area contributed by atoms with E-state index in [4.69, 9.17) is 14.0 Å². The first-order valence-corrected chi connectivity index (χ1v) is 14.3. The predicted molar refractivity (Wildman–Crippen MR) is 138 cm³/mol. The number of esters is 2. The van der Waals surface area contributed by atoms with E-state index in [2.05, 4.69) is 4.74 Å². The van der Waals surface area contributed by atoms with Crippen molar-refractivity contribution >= 4 is 112 Å². The highest BCUT2D eigenvalue weighted by Gasteiger charge is 2.46. The van der Waals surface area contributed by atoms with Gasteiger partial charge in [0.25, 0.3) is 10.1 Å². The van der Waals surface area contributed by atoms with Crippen LogP contribution in [0.2, 0.25) is 0 Å². The standard InChI is InChI=1S/C16H13F3I4O8S/c1-15(2-3-30-15)5-29-13(24)7-8(10(21)12(23)11(22)9(7)20)14(25)31-6(16(17,18)19)4-32(26,27)28/h6H,2-5H2,1H3,(H,26,27,28). The lowest BCUT2D eigenvalue weighted by Gasteiger charge is -2.37. The number of alkyl halides is 3. The molecule has 0 spiro atoms. The Bertz CT molecular complexity index is 1040. The van der Waals surface area contributed by atoms with E-state index < -0.39 is 51.3 Å². The molecule has 2 unspecified atom stereocenters. The van der Waals surface area contributed by atoms with E-state index in [9.17, 15) is 31.2 Å². The second kappa shape index (κ2) is 10.8. The third kappa shape index (κ3) is 7.13. The molecule has 1 saturated heterocycles. The first-order chi connectivity index (χ1) is 14.5. The van der Waals surface area contributed by atoms with Crippen LogP contribution in [0.5, 0.6) is 0 Å². The summed E-state index contributed by atoms with van der Waals surface area (Å²) in [6.45, 7) is 2.08. The van der Waals surface area contributed by atoms with Gasteiger partial charge in [-0.2, -0.15) is 21.6 Å². The Morgan fingerprint density at radius 3 is 1.94 bits per heavy atom. The van der Waals surface area contributed by atoms with Gasteiger partial charge in [0, 0.05) is 20.7 Å². The van der Waals surface area contributed by atoms with Crippen molar-refractivity contribution in [3.8, 4) is 0 Å². The number of carbonyl (C=O) groups is 2. The molecule has 1 heterocycles. The SMILES string of the molecule is CC1(COC(=O)c2c(I)c(I)c(I)c(I)c2C(=O)OC(CS(=O)(=O)O)C(F)(F)F)CCO1. The van der Waals surface area contributed by atoms with E-state index in [1.165, 1.54) is 0 Å². The lowest BCUT2D eigenvalue weighted by Crippen LogP contribution is -2.45. The minimum absolute atomic E-state index is 0.129. The molecule has 0 saturated carbocycles. The lowest BCUT2D eigenvalue weighted by molar-refractivity contribution is -0.197. The predicted octanol–water partition coefficient (Wildman–Crippen LogP) is 4.42. The number of carbonyl (C=O) groups excluding carboxylic acids is 2. The van der Waals surface area contributed by atoms with Crippen LogP contribution in [0.4, 0.5) is 13.2 Å². The normalized spacial score (nSPS) is 19.8. The van der Waals surface area contributed by atoms with E-state index in [0.29, 0.717) is 20.2 Å². The minimum Gasteiger partial charge on any atom is -0.459 e. The van der Waals surface area contributed by atoms with Crippen LogP contribution < -0.4 is 0 Å². The maximum absolute atomic E-state index is 13.2. The quantitative estimate of drug-likeness (QED) is 0.141. The molecule has 0 bridgehead atoms. The van der Waals surface area contributed by atoms with Crippen LogP contribution in [0, 0.1) is 14.3 Å². The number of ether oxygens (including phenoxy) is 3. The van der Waals surface area contributed by atoms with Crippen molar-refractivity contribution in [3.05, 3.63) is 25.4 Å². The zero-order valence-electron chi connectivity index (χ0n) is 15.8. The maximum Gasteiger partial charge on any atom is 0.426 e. The lowest BCUT2D eigenvalue weighted by atomic mass is 9.99. The van der Waals surface area contributed by atoms with Gasteiger partial charge in [-0.3, -0.25) is 4.55 Å². The monoisotopic (exact) mass is 930 g/mol. The molecule has 0 amide bonds. The average Bonchev–Trinajstić information content (AvgIpc) is 2.63. The Balaban J connectivity index is 2.48. The molecule has 0 radical (unpaired) electrons. The number of hydrogen-bond acceptors (Lipinski definition) is 7. The fourth-order valence-corrected chi connectivity index (χ4v) is 6.71. The number of rotatable bonds is 7. The highest BCUT2D eigenvalue weighted by Crippen LogP contribution is 2.35. The van der Waals surface area contributed by atoms with Crippen LogP contribution in [0.3, 0.4) is 0 Å². The van der Waals surface area contributed by atoms with Gasteiger partial charge >= 0.3 is 18.1 Å². The van der Waals surface area contributed by atoms with Crippen LogP contribution in [-0.2, 0) is 24.3 Å². The zero-order valence-corrected chi connectivity index (χ0v) is 25.2. The maximum atomic E-state index is 13.2. The summed E-state index contributed by atoms with van der Waals surface area (Å²) in [5.74, 6) is -4.43. The molecule has 1 N–H and O–H groups in total. The number of benzene rings is 1. The molecule has 0 aliphatic carbocycles. The van der Waals surface area contributed by atoms with Gasteiger partial charge in [-0.15, -0.1) is 0 Å². The molecular formula is C16H13F3I4O8S. The topological polar surface area (TPSA) is 116 Å². The van der Waals surface area contributed by atoms with Crippen molar-refractivity contribution in [2.75, 3.05) is 19.0 Å². The molecule has 180 valence electrons. The summed E-state index contributed by atoms with van der Waals surface area (Å²) < 4.78 is 87.0. The highest BCUT2D eigenvalue weighted by atomic mass is 127. The summed E-state index contributed by atoms with van der Waals surface area (Å²) in [5.41, 5.74) is -1.49. The molecular weight excluding hydrogens is 917 g/mol. The molecule has 16 heteroatoms. The minimum atomic E-state index is -5.28. The van der Waals surface area contributed by atoms with E-state index >= 15 is 0 Å². The fraction of sp³-hybridized carbons (Fsp3) is 0.500. The van der Waals surface area contributed by atoms with Gasteiger partial charge in [0.1, 0.15) is 18.0 Å². The van der Waals surface area contributed by atoms with Crippen molar-refractivity contribution in [1.29, 1.82) is 0 Å². The van der Waals surface area contributed by atoms with Gasteiger partial charge in [0.15, 0.2) is 0 Å². The Hall–Kier alpha value is 0.740. The summed E-state index contributed by atoms with van der Waals surface area (Å²) in [6, 6.07) is 0. The van der Waals surface area contributed by atoms with Crippen molar-refractivity contribution < 1.29 is 49.9 Å². The summed E-state index contributed by atoms with van der Waals surface area (Å²) in [4.78, 5) is 25.6. The van der Waals surface area contributed by atoms with Gasteiger partial charge in [-0.05, 0) is 97.3 Å². The Morgan fingerprint density at radius 2 is 1.56 bits per heavy atom. The van der Waals surface area contributed by atoms with Crippen LogP contribution in [0.1, 0.15) is 34.1 Å². The van der Waals surface area contributed by atoms with Crippen LogP contribution in [-0.4, -0.2) is 61.8 Å². The summed E-state index contributed by atoms with van der Waals surface area (Å²) >= 11 is 7.22. The summed E-state index contributed by atoms with van der Waals surface area (Å²) in [5, 5.41) is 0. The van der Waals surface area contributed by atoms with E-state index in [0.717, 1.165) is 0 Å². The zero-order chi connectivity index (χ0) is 24.6. The van der Waals surface area contributed by atoms with E-state index in [-0.39, 0.29) is 19.3 Å². The van der Waals surface area contributed by atoms with Crippen molar-refractivity contribution in [2.45, 2.75) is 31.2 Å². The van der Waals surface area contributed by atoms with Crippen LogP contribution >= 0.6 is 90.4 Å². The molecule has 32 heavy (non-hydrogen) atoms. The average molecular weight is 930 g/mol. The van der Waals surface area contributed by atoms with Crippen molar-refractivity contribution in [1.82, 2.24) is 0 Å². The summed E-state index contributed by atoms with van der Waals surface area (Å²) in [6.07, 6.45) is -7.78. The molecule has 8 nitrogen and oxygen atoms in total. The van der Waals surface area contributed by atoms with E-state index in [1.54, 1.807) is 52.1 Å². The Kier molecular flexibility index (Phi) is 9.76. The van der Waals surface area contributed by atoms with Crippen LogP contribution in [0.25, 0.3) is 0 Å². The molecule has 0 aromatic heterocycles. The Morgan fingerprint density at radius 1 is 1.09 bits per heavy atom. The van der Waals surface area contributed by atoms with Gasteiger partial charge in [0.2, 0.25) is 6.10 Å². The first-order valence-electron chi connectivity index (χ1n) is 8.37. The van der Waals surface area contributed by atoms with Gasteiger partial charge in [0.05, 0.1) is 17.7 Å². The molecule has 1 aliphatic heterocycles. The fourth-order valence-electron chi connectivity index (χ4n) is 2.44. The second-order valence-corrected chi connectivity index (χ2v) is 12.6. The third-order valence-electron chi connectivity index (χ3n) is 4.24. The largest absolute Gasteiger partial charge is 0.459 e. The molecule has 1 aliphatic rings. The summed E-state index contributed by atoms with van der Waals surface area (Å²) in [7, 11) is -5.12. The molecule has 2 rings (SSSR count). The Labute approximate surface area is 235 Å². The van der Waals surface area contributed by atoms with Gasteiger partial charge < -0.3 is 14.2 Å². The van der Waals surface area contributed by atoms with Gasteiger partial charge in [-0.25, -0.2) is 9.59 Å².